The fourth-order valence-corrected chi connectivity index (χ4v) is 2.28. The summed E-state index contributed by atoms with van der Waals surface area (Å²) in [6.07, 6.45) is 0.194. The zero-order valence-electron chi connectivity index (χ0n) is 12.3. The first kappa shape index (κ1) is 15.8. The molecule has 0 radical (unpaired) electrons. The van der Waals surface area contributed by atoms with E-state index in [2.05, 4.69) is 0 Å². The SMILES string of the molecule is CCC(C)c1ccc2oc(C(=O)O)c(CC(=O)O)c(=O)c2c1. The molecule has 0 amide bonds. The number of hydrogen-bond donors (Lipinski definition) is 2. The fraction of sp³-hybridized carbons (Fsp3) is 0.312. The maximum Gasteiger partial charge on any atom is 0.372 e. The number of carboxylic acids is 2. The number of hydrogen-bond acceptors (Lipinski definition) is 4. The fourth-order valence-electron chi connectivity index (χ4n) is 2.28. The molecule has 0 saturated carbocycles. The number of carboxylic acid groups (broad SMARTS) is 2. The van der Waals surface area contributed by atoms with Crippen molar-refractivity contribution in [2.45, 2.75) is 32.6 Å². The Balaban J connectivity index is 2.77. The van der Waals surface area contributed by atoms with Gasteiger partial charge in [0.2, 0.25) is 5.76 Å². The molecule has 22 heavy (non-hydrogen) atoms. The van der Waals surface area contributed by atoms with Crippen LogP contribution in [-0.2, 0) is 11.2 Å². The summed E-state index contributed by atoms with van der Waals surface area (Å²) >= 11 is 0. The molecule has 6 nitrogen and oxygen atoms in total. The van der Waals surface area contributed by atoms with Crippen LogP contribution in [0, 0.1) is 0 Å². The molecule has 0 saturated heterocycles. The van der Waals surface area contributed by atoms with Crippen molar-refractivity contribution in [1.29, 1.82) is 0 Å². The average molecular weight is 304 g/mol. The van der Waals surface area contributed by atoms with Crippen molar-refractivity contribution in [2.24, 2.45) is 0 Å². The largest absolute Gasteiger partial charge is 0.481 e. The van der Waals surface area contributed by atoms with Gasteiger partial charge in [-0.1, -0.05) is 19.9 Å². The molecular formula is C16H16O6. The summed E-state index contributed by atoms with van der Waals surface area (Å²) in [6, 6.07) is 4.98. The Hall–Kier alpha value is -2.63. The van der Waals surface area contributed by atoms with E-state index in [0.717, 1.165) is 12.0 Å². The Bertz CT molecular complexity index is 802. The van der Waals surface area contributed by atoms with Crippen molar-refractivity contribution >= 4 is 22.9 Å². The molecule has 1 atom stereocenters. The first-order chi connectivity index (χ1) is 10.3. The monoisotopic (exact) mass is 304 g/mol. The minimum Gasteiger partial charge on any atom is -0.481 e. The molecule has 1 aromatic carbocycles. The second-order valence-corrected chi connectivity index (χ2v) is 5.18. The zero-order valence-corrected chi connectivity index (χ0v) is 12.3. The van der Waals surface area contributed by atoms with Gasteiger partial charge in [0.25, 0.3) is 0 Å². The topological polar surface area (TPSA) is 105 Å². The Morgan fingerprint density at radius 2 is 1.95 bits per heavy atom. The normalized spacial score (nSPS) is 12.3. The zero-order chi connectivity index (χ0) is 16.4. The standard InChI is InChI=1S/C16H16O6/c1-3-8(2)9-4-5-12-10(6-9)14(19)11(7-13(17)18)15(22-12)16(20)21/h4-6,8H,3,7H2,1-2H3,(H,17,18)(H,20,21). The predicted molar refractivity (Wildman–Crippen MR) is 79.5 cm³/mol. The second kappa shape index (κ2) is 6.01. The summed E-state index contributed by atoms with van der Waals surface area (Å²) in [6.45, 7) is 4.02. The molecule has 0 aliphatic heterocycles. The predicted octanol–water partition coefficient (Wildman–Crippen LogP) is 2.63. The van der Waals surface area contributed by atoms with Crippen molar-refractivity contribution < 1.29 is 24.2 Å². The van der Waals surface area contributed by atoms with E-state index in [1.807, 2.05) is 13.8 Å². The maximum atomic E-state index is 12.5. The molecule has 6 heteroatoms. The highest BCUT2D eigenvalue weighted by molar-refractivity contribution is 5.91. The quantitative estimate of drug-likeness (QED) is 0.879. The van der Waals surface area contributed by atoms with Crippen LogP contribution < -0.4 is 5.43 Å². The Morgan fingerprint density at radius 1 is 1.27 bits per heavy atom. The summed E-state index contributed by atoms with van der Waals surface area (Å²) in [5.41, 5.74) is 0.121. The van der Waals surface area contributed by atoms with Gasteiger partial charge in [-0.05, 0) is 30.0 Å². The summed E-state index contributed by atoms with van der Waals surface area (Å²) in [5, 5.41) is 18.2. The summed E-state index contributed by atoms with van der Waals surface area (Å²) in [7, 11) is 0. The van der Waals surface area contributed by atoms with Crippen LogP contribution >= 0.6 is 0 Å². The number of aliphatic carboxylic acids is 1. The van der Waals surface area contributed by atoms with Gasteiger partial charge in [-0.25, -0.2) is 4.79 Å². The van der Waals surface area contributed by atoms with Crippen LogP contribution in [0.15, 0.2) is 27.4 Å². The second-order valence-electron chi connectivity index (χ2n) is 5.18. The lowest BCUT2D eigenvalue weighted by atomic mass is 9.96. The molecule has 2 N–H and O–H groups in total. The molecule has 2 rings (SSSR count). The first-order valence-corrected chi connectivity index (χ1v) is 6.89. The summed E-state index contributed by atoms with van der Waals surface area (Å²) in [4.78, 5) is 34.5. The number of aromatic carboxylic acids is 1. The van der Waals surface area contributed by atoms with Gasteiger partial charge in [-0.15, -0.1) is 0 Å². The van der Waals surface area contributed by atoms with Gasteiger partial charge < -0.3 is 14.6 Å². The van der Waals surface area contributed by atoms with E-state index < -0.39 is 29.5 Å². The number of fused-ring (bicyclic) bond motifs is 1. The average Bonchev–Trinajstić information content (AvgIpc) is 2.48. The van der Waals surface area contributed by atoms with Gasteiger partial charge in [0.1, 0.15) is 5.58 Å². The molecule has 1 aromatic heterocycles. The van der Waals surface area contributed by atoms with E-state index in [0.29, 0.717) is 0 Å². The van der Waals surface area contributed by atoms with Crippen LogP contribution in [0.2, 0.25) is 0 Å². The summed E-state index contributed by atoms with van der Waals surface area (Å²) in [5.74, 6) is -3.13. The minimum absolute atomic E-state index is 0.142. The lowest BCUT2D eigenvalue weighted by Gasteiger charge is -2.10. The molecule has 1 unspecified atom stereocenters. The van der Waals surface area contributed by atoms with Gasteiger partial charge in [0, 0.05) is 0 Å². The third kappa shape index (κ3) is 2.86. The Labute approximate surface area is 126 Å². The highest BCUT2D eigenvalue weighted by Gasteiger charge is 2.22. The number of benzene rings is 1. The van der Waals surface area contributed by atoms with Crippen LogP contribution in [-0.4, -0.2) is 22.2 Å². The molecule has 0 aliphatic carbocycles. The Morgan fingerprint density at radius 3 is 2.50 bits per heavy atom. The summed E-state index contributed by atoms with van der Waals surface area (Å²) < 4.78 is 5.24. The van der Waals surface area contributed by atoms with Gasteiger partial charge in [-0.2, -0.15) is 0 Å². The third-order valence-corrected chi connectivity index (χ3v) is 3.71. The van der Waals surface area contributed by atoms with Crippen molar-refractivity contribution in [3.8, 4) is 0 Å². The van der Waals surface area contributed by atoms with Gasteiger partial charge >= 0.3 is 11.9 Å². The van der Waals surface area contributed by atoms with Crippen LogP contribution in [0.1, 0.15) is 47.9 Å². The maximum absolute atomic E-state index is 12.5. The van der Waals surface area contributed by atoms with Crippen molar-refractivity contribution in [3.05, 3.63) is 45.3 Å². The van der Waals surface area contributed by atoms with E-state index in [1.54, 1.807) is 18.2 Å². The Kier molecular flexibility index (Phi) is 4.30. The highest BCUT2D eigenvalue weighted by atomic mass is 16.4. The van der Waals surface area contributed by atoms with Gasteiger partial charge in [0.05, 0.1) is 17.4 Å². The number of carbonyl (C=O) groups is 2. The van der Waals surface area contributed by atoms with Crippen LogP contribution in [0.25, 0.3) is 11.0 Å². The van der Waals surface area contributed by atoms with E-state index in [4.69, 9.17) is 14.6 Å². The van der Waals surface area contributed by atoms with Gasteiger partial charge in [0.15, 0.2) is 5.43 Å². The van der Waals surface area contributed by atoms with Crippen LogP contribution in [0.4, 0.5) is 0 Å². The molecule has 0 fully saturated rings. The lowest BCUT2D eigenvalue weighted by Crippen LogP contribution is -2.19. The van der Waals surface area contributed by atoms with Crippen molar-refractivity contribution in [3.63, 3.8) is 0 Å². The molecule has 2 aromatic rings. The van der Waals surface area contributed by atoms with Crippen LogP contribution in [0.3, 0.4) is 0 Å². The van der Waals surface area contributed by atoms with E-state index in [-0.39, 0.29) is 22.5 Å². The highest BCUT2D eigenvalue weighted by Crippen LogP contribution is 2.24. The molecule has 0 aliphatic rings. The molecule has 0 spiro atoms. The van der Waals surface area contributed by atoms with Gasteiger partial charge in [-0.3, -0.25) is 9.59 Å². The van der Waals surface area contributed by atoms with E-state index in [1.165, 1.54) is 0 Å². The lowest BCUT2D eigenvalue weighted by molar-refractivity contribution is -0.136. The number of rotatable bonds is 5. The van der Waals surface area contributed by atoms with E-state index in [9.17, 15) is 14.4 Å². The third-order valence-electron chi connectivity index (χ3n) is 3.71. The molecular weight excluding hydrogens is 288 g/mol. The van der Waals surface area contributed by atoms with E-state index >= 15 is 0 Å². The minimum atomic E-state index is -1.46. The first-order valence-electron chi connectivity index (χ1n) is 6.89. The van der Waals surface area contributed by atoms with Crippen molar-refractivity contribution in [1.82, 2.24) is 0 Å². The molecule has 116 valence electrons. The molecule has 1 heterocycles. The van der Waals surface area contributed by atoms with Crippen LogP contribution in [0.5, 0.6) is 0 Å². The smallest absolute Gasteiger partial charge is 0.372 e. The van der Waals surface area contributed by atoms with Crippen molar-refractivity contribution in [2.75, 3.05) is 0 Å². The molecule has 0 bridgehead atoms.